The number of pyridine rings is 1. The Labute approximate surface area is 216 Å². The zero-order valence-corrected chi connectivity index (χ0v) is 20.6. The number of carbonyl (C=O) groups is 2. The van der Waals surface area contributed by atoms with E-state index in [4.69, 9.17) is 30.5 Å². The van der Waals surface area contributed by atoms with Gasteiger partial charge in [0.2, 0.25) is 18.1 Å². The minimum atomic E-state index is -0.493. The van der Waals surface area contributed by atoms with E-state index >= 15 is 0 Å². The first-order valence-corrected chi connectivity index (χ1v) is 11.5. The molecule has 1 aliphatic heterocycles. The largest absolute Gasteiger partial charge is 0.497 e. The van der Waals surface area contributed by atoms with Crippen molar-refractivity contribution in [3.05, 3.63) is 87.2 Å². The van der Waals surface area contributed by atoms with Crippen molar-refractivity contribution in [2.45, 2.75) is 6.54 Å². The highest BCUT2D eigenvalue weighted by atomic mass is 35.5. The van der Waals surface area contributed by atoms with Crippen molar-refractivity contribution >= 4 is 39.9 Å². The Hall–Kier alpha value is -4.50. The number of anilines is 1. The summed E-state index contributed by atoms with van der Waals surface area (Å²) >= 11 is 5.95. The van der Waals surface area contributed by atoms with Crippen LogP contribution < -0.4 is 29.7 Å². The lowest BCUT2D eigenvalue weighted by atomic mass is 10.0. The summed E-state index contributed by atoms with van der Waals surface area (Å²) in [6.07, 6.45) is 1.38. The molecule has 0 spiro atoms. The molecule has 0 radical (unpaired) electrons. The quantitative estimate of drug-likeness (QED) is 0.363. The van der Waals surface area contributed by atoms with Gasteiger partial charge in [0.05, 0.1) is 36.4 Å². The first-order valence-electron chi connectivity index (χ1n) is 11.2. The van der Waals surface area contributed by atoms with Gasteiger partial charge in [-0.05, 0) is 42.5 Å². The second-order valence-electron chi connectivity index (χ2n) is 8.17. The summed E-state index contributed by atoms with van der Waals surface area (Å²) in [5.41, 5.74) is 0.568. The number of amides is 1. The monoisotopic (exact) mass is 520 g/mol. The summed E-state index contributed by atoms with van der Waals surface area (Å²) in [5.74, 6) is 0.916. The third kappa shape index (κ3) is 4.68. The zero-order chi connectivity index (χ0) is 26.1. The Morgan fingerprint density at radius 2 is 1.73 bits per heavy atom. The van der Waals surface area contributed by atoms with Crippen LogP contribution >= 0.6 is 11.6 Å². The van der Waals surface area contributed by atoms with E-state index in [2.05, 4.69) is 5.32 Å². The Morgan fingerprint density at radius 3 is 2.43 bits per heavy atom. The molecule has 1 aliphatic rings. The lowest BCUT2D eigenvalue weighted by Gasteiger charge is -2.15. The van der Waals surface area contributed by atoms with E-state index in [9.17, 15) is 14.4 Å². The number of ether oxygens (including phenoxy) is 4. The van der Waals surface area contributed by atoms with Crippen molar-refractivity contribution in [2.75, 3.05) is 26.3 Å². The molecule has 37 heavy (non-hydrogen) atoms. The van der Waals surface area contributed by atoms with Crippen LogP contribution in [0.15, 0.2) is 65.6 Å². The fourth-order valence-electron chi connectivity index (χ4n) is 4.08. The molecule has 4 aromatic rings. The SMILES string of the molecule is COc1ccc(NC(=O)Cn2cc(C(=O)c3ccc(Cl)cc3)c(=O)c3cc4c(cc32)OCO4)c(OC)c1. The maximum atomic E-state index is 13.4. The topological polar surface area (TPSA) is 105 Å². The van der Waals surface area contributed by atoms with E-state index in [1.807, 2.05) is 0 Å². The fourth-order valence-corrected chi connectivity index (χ4v) is 4.20. The normalized spacial score (nSPS) is 11.9. The van der Waals surface area contributed by atoms with Crippen LogP contribution in [0.4, 0.5) is 5.69 Å². The van der Waals surface area contributed by atoms with Crippen molar-refractivity contribution in [2.24, 2.45) is 0 Å². The first kappa shape index (κ1) is 24.2. The molecule has 0 atom stereocenters. The molecule has 1 N–H and O–H groups in total. The molecule has 188 valence electrons. The van der Waals surface area contributed by atoms with Crippen LogP contribution in [0.1, 0.15) is 15.9 Å². The lowest BCUT2D eigenvalue weighted by molar-refractivity contribution is -0.116. The number of halogens is 1. The van der Waals surface area contributed by atoms with Crippen LogP contribution in [0.2, 0.25) is 5.02 Å². The summed E-state index contributed by atoms with van der Waals surface area (Å²) in [5, 5.41) is 3.49. The molecule has 0 aliphatic carbocycles. The van der Waals surface area contributed by atoms with Crippen LogP contribution in [0.5, 0.6) is 23.0 Å². The van der Waals surface area contributed by atoms with Crippen LogP contribution in [-0.4, -0.2) is 37.3 Å². The fraction of sp³-hybridized carbons (Fsp3) is 0.148. The van der Waals surface area contributed by atoms with Crippen molar-refractivity contribution in [1.29, 1.82) is 0 Å². The minimum Gasteiger partial charge on any atom is -0.497 e. The van der Waals surface area contributed by atoms with E-state index in [1.165, 1.54) is 31.0 Å². The maximum absolute atomic E-state index is 13.4. The van der Waals surface area contributed by atoms with Crippen LogP contribution in [0, 0.1) is 0 Å². The highest BCUT2D eigenvalue weighted by Gasteiger charge is 2.22. The molecular formula is C27H21ClN2O7. The Bertz CT molecular complexity index is 1600. The van der Waals surface area contributed by atoms with Crippen molar-refractivity contribution < 1.29 is 28.5 Å². The van der Waals surface area contributed by atoms with Crippen LogP contribution in [0.25, 0.3) is 10.9 Å². The second kappa shape index (κ2) is 9.87. The molecule has 9 nitrogen and oxygen atoms in total. The van der Waals surface area contributed by atoms with Crippen LogP contribution in [0.3, 0.4) is 0 Å². The van der Waals surface area contributed by atoms with E-state index in [1.54, 1.807) is 48.5 Å². The summed E-state index contributed by atoms with van der Waals surface area (Å²) in [6.45, 7) is -0.194. The number of benzene rings is 3. The molecule has 0 unspecified atom stereocenters. The van der Waals surface area contributed by atoms with Gasteiger partial charge in [-0.15, -0.1) is 0 Å². The van der Waals surface area contributed by atoms with Gasteiger partial charge in [-0.1, -0.05) is 11.6 Å². The molecular weight excluding hydrogens is 500 g/mol. The molecule has 0 saturated heterocycles. The zero-order valence-electron chi connectivity index (χ0n) is 19.9. The lowest BCUT2D eigenvalue weighted by Crippen LogP contribution is -2.24. The number of ketones is 1. The Balaban J connectivity index is 1.56. The number of aromatic nitrogens is 1. The average Bonchev–Trinajstić information content (AvgIpc) is 3.37. The van der Waals surface area contributed by atoms with Gasteiger partial charge < -0.3 is 28.8 Å². The van der Waals surface area contributed by atoms with Gasteiger partial charge in [0, 0.05) is 28.9 Å². The molecule has 1 amide bonds. The highest BCUT2D eigenvalue weighted by molar-refractivity contribution is 6.30. The van der Waals surface area contributed by atoms with Gasteiger partial charge in [0.15, 0.2) is 17.3 Å². The summed E-state index contributed by atoms with van der Waals surface area (Å²) in [7, 11) is 3.01. The van der Waals surface area contributed by atoms with Crippen molar-refractivity contribution in [1.82, 2.24) is 4.57 Å². The minimum absolute atomic E-state index is 0.00809. The van der Waals surface area contributed by atoms with E-state index in [0.29, 0.717) is 44.8 Å². The smallest absolute Gasteiger partial charge is 0.244 e. The van der Waals surface area contributed by atoms with Gasteiger partial charge in [-0.25, -0.2) is 0 Å². The van der Waals surface area contributed by atoms with Crippen molar-refractivity contribution in [3.63, 3.8) is 0 Å². The number of hydrogen-bond donors (Lipinski definition) is 1. The number of nitrogens with one attached hydrogen (secondary N) is 1. The van der Waals surface area contributed by atoms with Crippen molar-refractivity contribution in [3.8, 4) is 23.0 Å². The van der Waals surface area contributed by atoms with E-state index in [-0.39, 0.29) is 24.3 Å². The average molecular weight is 521 g/mol. The molecule has 10 heteroatoms. The van der Waals surface area contributed by atoms with Gasteiger partial charge >= 0.3 is 0 Å². The number of hydrogen-bond acceptors (Lipinski definition) is 7. The third-order valence-corrected chi connectivity index (χ3v) is 6.17. The molecule has 3 aromatic carbocycles. The second-order valence-corrected chi connectivity index (χ2v) is 8.61. The summed E-state index contributed by atoms with van der Waals surface area (Å²) in [4.78, 5) is 39.8. The van der Waals surface area contributed by atoms with E-state index < -0.39 is 17.1 Å². The van der Waals surface area contributed by atoms with Gasteiger partial charge in [0.1, 0.15) is 18.0 Å². The highest BCUT2D eigenvalue weighted by Crippen LogP contribution is 2.35. The number of carbonyl (C=O) groups excluding carboxylic acids is 2. The predicted octanol–water partition coefficient (Wildman–Crippen LogP) is 4.27. The molecule has 0 saturated carbocycles. The Morgan fingerprint density at radius 1 is 1.00 bits per heavy atom. The standard InChI is InChI=1S/C27H21ClN2O7/c1-34-17-7-8-20(22(9-17)35-2)29-25(31)13-30-12-19(26(32)15-3-5-16(28)6-4-15)27(33)18-10-23-24(11-21(18)30)37-14-36-23/h3-12H,13-14H2,1-2H3,(H,29,31). The molecule has 5 rings (SSSR count). The number of nitrogens with zero attached hydrogens (tertiary/aromatic N) is 1. The first-order chi connectivity index (χ1) is 17.9. The van der Waals surface area contributed by atoms with Crippen LogP contribution in [-0.2, 0) is 11.3 Å². The predicted molar refractivity (Wildman–Crippen MR) is 137 cm³/mol. The van der Waals surface area contributed by atoms with Gasteiger partial charge in [-0.3, -0.25) is 14.4 Å². The molecule has 2 heterocycles. The Kier molecular flexibility index (Phi) is 6.45. The summed E-state index contributed by atoms with van der Waals surface area (Å²) in [6, 6.07) is 14.4. The van der Waals surface area contributed by atoms with Gasteiger partial charge in [0.25, 0.3) is 0 Å². The maximum Gasteiger partial charge on any atom is 0.244 e. The summed E-state index contributed by atoms with van der Waals surface area (Å²) < 4.78 is 23.0. The van der Waals surface area contributed by atoms with Gasteiger partial charge in [-0.2, -0.15) is 0 Å². The number of fused-ring (bicyclic) bond motifs is 2. The number of rotatable bonds is 7. The molecule has 0 bridgehead atoms. The molecule has 1 aromatic heterocycles. The molecule has 0 fully saturated rings. The number of methoxy groups -OCH3 is 2. The van der Waals surface area contributed by atoms with E-state index in [0.717, 1.165) is 0 Å². The third-order valence-electron chi connectivity index (χ3n) is 5.92.